The summed E-state index contributed by atoms with van der Waals surface area (Å²) in [6, 6.07) is 0. The smallest absolute Gasteiger partial charge is 0.331 e. The molecule has 0 saturated heterocycles. The van der Waals surface area contributed by atoms with Crippen molar-refractivity contribution in [1.29, 1.82) is 0 Å². The molecule has 0 aromatic carbocycles. The van der Waals surface area contributed by atoms with Crippen LogP contribution in [0.5, 0.6) is 0 Å². The second-order valence-electron chi connectivity index (χ2n) is 4.95. The van der Waals surface area contributed by atoms with Gasteiger partial charge in [-0.3, -0.25) is 9.48 Å². The Balaban J connectivity index is 2.65. The minimum Gasteiger partial charge on any atom is -0.479 e. The van der Waals surface area contributed by atoms with Crippen LogP contribution >= 0.6 is 0 Å². The number of nitrogens with zero attached hydrogens (tertiary/aromatic N) is 2. The van der Waals surface area contributed by atoms with Crippen molar-refractivity contribution in [3.8, 4) is 0 Å². The number of aliphatic carboxylic acids is 1. The molecule has 106 valence electrons. The minimum absolute atomic E-state index is 0.0283. The molecule has 1 aromatic rings. The van der Waals surface area contributed by atoms with Crippen molar-refractivity contribution in [2.75, 3.05) is 11.9 Å². The summed E-state index contributed by atoms with van der Waals surface area (Å²) in [6.45, 7) is 6.66. The van der Waals surface area contributed by atoms with E-state index in [9.17, 15) is 9.59 Å². The van der Waals surface area contributed by atoms with Gasteiger partial charge in [-0.05, 0) is 27.7 Å². The Bertz CT molecular complexity index is 465. The Morgan fingerprint density at radius 3 is 2.68 bits per heavy atom. The molecular formula is C12H19N3O4. The van der Waals surface area contributed by atoms with Crippen LogP contribution in [0.4, 0.5) is 5.69 Å². The summed E-state index contributed by atoms with van der Waals surface area (Å²) < 4.78 is 6.44. The van der Waals surface area contributed by atoms with E-state index in [4.69, 9.17) is 9.84 Å². The Kier molecular flexibility index (Phi) is 4.66. The number of anilines is 1. The zero-order valence-electron chi connectivity index (χ0n) is 11.5. The average Bonchev–Trinajstić information content (AvgIpc) is 2.75. The number of carbonyl (C=O) groups excluding carboxylic acids is 1. The summed E-state index contributed by atoms with van der Waals surface area (Å²) in [7, 11) is 0. The molecule has 1 amide bonds. The highest BCUT2D eigenvalue weighted by atomic mass is 16.5. The lowest BCUT2D eigenvalue weighted by Gasteiger charge is -2.19. The Morgan fingerprint density at radius 2 is 2.16 bits per heavy atom. The molecule has 7 nitrogen and oxygen atoms in total. The average molecular weight is 269 g/mol. The summed E-state index contributed by atoms with van der Waals surface area (Å²) in [5.41, 5.74) is -0.732. The van der Waals surface area contributed by atoms with Gasteiger partial charge in [0, 0.05) is 6.20 Å². The third-order valence-corrected chi connectivity index (χ3v) is 2.51. The predicted molar refractivity (Wildman–Crippen MR) is 68.9 cm³/mol. The second-order valence-corrected chi connectivity index (χ2v) is 4.95. The zero-order chi connectivity index (χ0) is 14.6. The summed E-state index contributed by atoms with van der Waals surface area (Å²) in [6.07, 6.45) is 2.85. The monoisotopic (exact) mass is 269 g/mol. The van der Waals surface area contributed by atoms with E-state index in [0.29, 0.717) is 5.69 Å². The molecule has 0 radical (unpaired) electrons. The number of rotatable bonds is 6. The van der Waals surface area contributed by atoms with Gasteiger partial charge in [0.1, 0.15) is 6.61 Å². The molecule has 1 heterocycles. The summed E-state index contributed by atoms with van der Waals surface area (Å²) in [4.78, 5) is 22.6. The van der Waals surface area contributed by atoms with E-state index in [-0.39, 0.29) is 18.6 Å². The molecule has 0 saturated carbocycles. The molecular weight excluding hydrogens is 250 g/mol. The quantitative estimate of drug-likeness (QED) is 0.805. The van der Waals surface area contributed by atoms with Crippen molar-refractivity contribution < 1.29 is 19.4 Å². The fourth-order valence-corrected chi connectivity index (χ4v) is 1.23. The van der Waals surface area contributed by atoms with Gasteiger partial charge in [0.15, 0.2) is 5.54 Å². The van der Waals surface area contributed by atoms with Crippen molar-refractivity contribution in [1.82, 2.24) is 9.78 Å². The first-order valence-electron chi connectivity index (χ1n) is 5.93. The summed E-state index contributed by atoms with van der Waals surface area (Å²) in [5.74, 6) is -1.31. The molecule has 19 heavy (non-hydrogen) atoms. The van der Waals surface area contributed by atoms with Gasteiger partial charge in [0.2, 0.25) is 5.91 Å². The lowest BCUT2D eigenvalue weighted by atomic mass is 10.1. The lowest BCUT2D eigenvalue weighted by Crippen LogP contribution is -2.35. The molecule has 1 rings (SSSR count). The molecule has 0 spiro atoms. The van der Waals surface area contributed by atoms with Gasteiger partial charge < -0.3 is 15.2 Å². The highest BCUT2D eigenvalue weighted by Crippen LogP contribution is 2.17. The predicted octanol–water partition coefficient (Wildman–Crippen LogP) is 1.07. The molecule has 0 aliphatic heterocycles. The van der Waals surface area contributed by atoms with E-state index in [1.807, 2.05) is 13.8 Å². The highest BCUT2D eigenvalue weighted by Gasteiger charge is 2.30. The maximum Gasteiger partial charge on any atom is 0.331 e. The summed E-state index contributed by atoms with van der Waals surface area (Å²) in [5, 5.41) is 15.6. The SMILES string of the molecule is CC(C)OCC(=O)Nc1cnn(C(C)(C)C(=O)O)c1. The van der Waals surface area contributed by atoms with Crippen LogP contribution in [0, 0.1) is 0 Å². The first-order chi connectivity index (χ1) is 8.73. The van der Waals surface area contributed by atoms with Crippen LogP contribution in [-0.2, 0) is 19.9 Å². The third-order valence-electron chi connectivity index (χ3n) is 2.51. The van der Waals surface area contributed by atoms with Crippen LogP contribution in [0.3, 0.4) is 0 Å². The topological polar surface area (TPSA) is 93.5 Å². The van der Waals surface area contributed by atoms with Crippen molar-refractivity contribution in [2.45, 2.75) is 39.3 Å². The molecule has 2 N–H and O–H groups in total. The first kappa shape index (κ1) is 15.2. The number of ether oxygens (including phenoxy) is 1. The lowest BCUT2D eigenvalue weighted by molar-refractivity contribution is -0.146. The van der Waals surface area contributed by atoms with E-state index in [2.05, 4.69) is 10.4 Å². The van der Waals surface area contributed by atoms with Crippen LogP contribution in [-0.4, -0.2) is 39.5 Å². The van der Waals surface area contributed by atoms with Gasteiger partial charge in [0.25, 0.3) is 0 Å². The van der Waals surface area contributed by atoms with E-state index < -0.39 is 11.5 Å². The fourth-order valence-electron chi connectivity index (χ4n) is 1.23. The van der Waals surface area contributed by atoms with Gasteiger partial charge in [-0.2, -0.15) is 5.10 Å². The molecule has 0 aliphatic carbocycles. The number of amides is 1. The maximum absolute atomic E-state index is 11.5. The number of hydrogen-bond acceptors (Lipinski definition) is 4. The highest BCUT2D eigenvalue weighted by molar-refractivity contribution is 5.91. The second kappa shape index (κ2) is 5.83. The van der Waals surface area contributed by atoms with E-state index in [1.54, 1.807) is 0 Å². The largest absolute Gasteiger partial charge is 0.479 e. The zero-order valence-corrected chi connectivity index (χ0v) is 11.5. The third kappa shape index (κ3) is 4.06. The summed E-state index contributed by atoms with van der Waals surface area (Å²) >= 11 is 0. The van der Waals surface area contributed by atoms with E-state index in [0.717, 1.165) is 0 Å². The number of carbonyl (C=O) groups is 2. The molecule has 1 aromatic heterocycles. The minimum atomic E-state index is -1.17. The number of carboxylic acid groups (broad SMARTS) is 1. The molecule has 0 bridgehead atoms. The van der Waals surface area contributed by atoms with Crippen LogP contribution in [0.1, 0.15) is 27.7 Å². The standard InChI is InChI=1S/C12H19N3O4/c1-8(2)19-7-10(16)14-9-5-13-15(6-9)12(3,4)11(17)18/h5-6,8H,7H2,1-4H3,(H,14,16)(H,17,18). The van der Waals surface area contributed by atoms with Crippen LogP contribution in [0.25, 0.3) is 0 Å². The number of hydrogen-bond donors (Lipinski definition) is 2. The molecule has 7 heteroatoms. The fraction of sp³-hybridized carbons (Fsp3) is 0.583. The van der Waals surface area contributed by atoms with Crippen molar-refractivity contribution >= 4 is 17.6 Å². The number of aromatic nitrogens is 2. The Hall–Kier alpha value is -1.89. The van der Waals surface area contributed by atoms with Crippen LogP contribution < -0.4 is 5.32 Å². The molecule has 0 unspecified atom stereocenters. The maximum atomic E-state index is 11.5. The van der Waals surface area contributed by atoms with E-state index >= 15 is 0 Å². The van der Waals surface area contributed by atoms with E-state index in [1.165, 1.54) is 30.9 Å². The van der Waals surface area contributed by atoms with Crippen molar-refractivity contribution in [3.63, 3.8) is 0 Å². The van der Waals surface area contributed by atoms with Crippen molar-refractivity contribution in [2.24, 2.45) is 0 Å². The normalized spacial score (nSPS) is 11.6. The molecule has 0 atom stereocenters. The van der Waals surface area contributed by atoms with Gasteiger partial charge >= 0.3 is 5.97 Å². The molecule has 0 fully saturated rings. The van der Waals surface area contributed by atoms with Gasteiger partial charge in [-0.25, -0.2) is 4.79 Å². The number of nitrogens with one attached hydrogen (secondary N) is 1. The first-order valence-corrected chi connectivity index (χ1v) is 5.93. The van der Waals surface area contributed by atoms with Crippen LogP contribution in [0.2, 0.25) is 0 Å². The van der Waals surface area contributed by atoms with Gasteiger partial charge in [0.05, 0.1) is 18.0 Å². The molecule has 0 aliphatic rings. The Morgan fingerprint density at radius 1 is 1.53 bits per heavy atom. The van der Waals surface area contributed by atoms with Crippen LogP contribution in [0.15, 0.2) is 12.4 Å². The number of carboxylic acids is 1. The van der Waals surface area contributed by atoms with Gasteiger partial charge in [-0.15, -0.1) is 0 Å². The van der Waals surface area contributed by atoms with Crippen molar-refractivity contribution in [3.05, 3.63) is 12.4 Å². The Labute approximate surface area is 111 Å². The van der Waals surface area contributed by atoms with Gasteiger partial charge in [-0.1, -0.05) is 0 Å².